The molecule has 1 fully saturated rings. The van der Waals surface area contributed by atoms with E-state index >= 15 is 0 Å². The highest BCUT2D eigenvalue weighted by Gasteiger charge is 2.22. The number of aliphatic hydroxyl groups excluding tert-OH is 1. The Labute approximate surface area is 127 Å². The van der Waals surface area contributed by atoms with Crippen molar-refractivity contribution in [2.75, 3.05) is 19.7 Å². The van der Waals surface area contributed by atoms with Gasteiger partial charge < -0.3 is 10.0 Å². The molecule has 3 rings (SSSR count). The van der Waals surface area contributed by atoms with E-state index in [1.165, 1.54) is 36.8 Å². The lowest BCUT2D eigenvalue weighted by Gasteiger charge is -2.31. The highest BCUT2D eigenvalue weighted by Crippen LogP contribution is 2.23. The predicted octanol–water partition coefficient (Wildman–Crippen LogP) is 2.34. The van der Waals surface area contributed by atoms with Crippen molar-refractivity contribution in [1.82, 2.24) is 4.90 Å². The molecule has 0 saturated carbocycles. The van der Waals surface area contributed by atoms with E-state index in [0.29, 0.717) is 12.3 Å². The number of hydrogen-bond acceptors (Lipinski definition) is 2. The van der Waals surface area contributed by atoms with Crippen LogP contribution >= 0.6 is 0 Å². The quantitative estimate of drug-likeness (QED) is 0.927. The average Bonchev–Trinajstić information content (AvgIpc) is 2.55. The third kappa shape index (κ3) is 3.46. The van der Waals surface area contributed by atoms with Gasteiger partial charge in [-0.15, -0.1) is 0 Å². The van der Waals surface area contributed by atoms with Crippen LogP contribution in [0.15, 0.2) is 18.2 Å². The summed E-state index contributed by atoms with van der Waals surface area (Å²) in [5.74, 6) is 0.625. The molecule has 0 aromatic heterocycles. The topological polar surface area (TPSA) is 40.5 Å². The number of aliphatic hydroxyl groups is 1. The first-order valence-corrected chi connectivity index (χ1v) is 8.25. The molecule has 114 valence electrons. The summed E-state index contributed by atoms with van der Waals surface area (Å²) < 4.78 is 0. The van der Waals surface area contributed by atoms with Crippen molar-refractivity contribution in [3.05, 3.63) is 34.9 Å². The molecule has 1 amide bonds. The summed E-state index contributed by atoms with van der Waals surface area (Å²) in [6.45, 7) is 1.86. The van der Waals surface area contributed by atoms with Gasteiger partial charge in [0.25, 0.3) is 0 Å². The molecule has 2 aliphatic rings. The molecule has 0 unspecified atom stereocenters. The van der Waals surface area contributed by atoms with Crippen molar-refractivity contribution in [1.29, 1.82) is 0 Å². The van der Waals surface area contributed by atoms with Gasteiger partial charge >= 0.3 is 0 Å². The van der Waals surface area contributed by atoms with Gasteiger partial charge in [0.2, 0.25) is 5.91 Å². The van der Waals surface area contributed by atoms with E-state index in [0.717, 1.165) is 31.5 Å². The fraction of sp³-hybridized carbons (Fsp3) is 0.611. The molecular weight excluding hydrogens is 262 g/mol. The number of rotatable bonds is 3. The number of benzene rings is 1. The molecule has 1 saturated heterocycles. The van der Waals surface area contributed by atoms with Gasteiger partial charge in [-0.3, -0.25) is 4.79 Å². The zero-order valence-electron chi connectivity index (χ0n) is 12.7. The lowest BCUT2D eigenvalue weighted by Crippen LogP contribution is -2.40. The molecule has 3 nitrogen and oxygen atoms in total. The minimum absolute atomic E-state index is 0.238. The van der Waals surface area contributed by atoms with Gasteiger partial charge in [-0.1, -0.05) is 18.2 Å². The molecule has 0 atom stereocenters. The molecule has 0 spiro atoms. The summed E-state index contributed by atoms with van der Waals surface area (Å²) in [6, 6.07) is 6.59. The number of carbonyl (C=O) groups is 1. The van der Waals surface area contributed by atoms with Crippen molar-refractivity contribution in [3.63, 3.8) is 0 Å². The Kier molecular flexibility index (Phi) is 4.59. The van der Waals surface area contributed by atoms with Gasteiger partial charge in [0.05, 0.1) is 6.42 Å². The van der Waals surface area contributed by atoms with E-state index in [4.69, 9.17) is 5.11 Å². The Hall–Kier alpha value is -1.35. The SMILES string of the molecule is O=C(Cc1ccc2c(c1)CCCC2)N1CCC(CO)CC1. The van der Waals surface area contributed by atoms with Gasteiger partial charge in [-0.2, -0.15) is 0 Å². The first-order chi connectivity index (χ1) is 10.3. The molecule has 1 N–H and O–H groups in total. The predicted molar refractivity (Wildman–Crippen MR) is 83.2 cm³/mol. The number of piperidine rings is 1. The monoisotopic (exact) mass is 287 g/mol. The van der Waals surface area contributed by atoms with Crippen LogP contribution in [0.4, 0.5) is 0 Å². The standard InChI is InChI=1S/C18H25NO2/c20-13-14-7-9-19(10-8-14)18(21)12-15-5-6-16-3-1-2-4-17(16)11-15/h5-6,11,14,20H,1-4,7-10,12-13H2. The van der Waals surface area contributed by atoms with E-state index in [1.54, 1.807) is 0 Å². The minimum atomic E-state index is 0.238. The molecular formula is C18H25NO2. The van der Waals surface area contributed by atoms with Crippen molar-refractivity contribution in [2.45, 2.75) is 44.9 Å². The molecule has 1 aromatic rings. The van der Waals surface area contributed by atoms with Crippen LogP contribution in [0.2, 0.25) is 0 Å². The molecule has 3 heteroatoms. The first-order valence-electron chi connectivity index (χ1n) is 8.25. The van der Waals surface area contributed by atoms with Crippen molar-refractivity contribution in [3.8, 4) is 0 Å². The van der Waals surface area contributed by atoms with Gasteiger partial charge in [0.15, 0.2) is 0 Å². The summed E-state index contributed by atoms with van der Waals surface area (Å²) >= 11 is 0. The van der Waals surface area contributed by atoms with Crippen LogP contribution in [0.3, 0.4) is 0 Å². The van der Waals surface area contributed by atoms with E-state index in [-0.39, 0.29) is 12.5 Å². The van der Waals surface area contributed by atoms with E-state index < -0.39 is 0 Å². The highest BCUT2D eigenvalue weighted by molar-refractivity contribution is 5.79. The minimum Gasteiger partial charge on any atom is -0.396 e. The molecule has 1 heterocycles. The summed E-state index contributed by atoms with van der Waals surface area (Å²) in [5, 5.41) is 9.16. The number of hydrogen-bond donors (Lipinski definition) is 1. The Morgan fingerprint density at radius 2 is 1.86 bits per heavy atom. The second-order valence-corrected chi connectivity index (χ2v) is 6.49. The maximum atomic E-state index is 12.4. The summed E-state index contributed by atoms with van der Waals surface area (Å²) in [5.41, 5.74) is 4.08. The van der Waals surface area contributed by atoms with Gasteiger partial charge in [-0.05, 0) is 61.1 Å². The zero-order chi connectivity index (χ0) is 14.7. The van der Waals surface area contributed by atoms with Crippen molar-refractivity contribution < 1.29 is 9.90 Å². The number of aryl methyl sites for hydroxylation is 2. The van der Waals surface area contributed by atoms with Crippen LogP contribution in [0.5, 0.6) is 0 Å². The summed E-state index contributed by atoms with van der Waals surface area (Å²) in [4.78, 5) is 14.4. The number of carbonyl (C=O) groups excluding carboxylic acids is 1. The van der Waals surface area contributed by atoms with Crippen LogP contribution in [0.1, 0.15) is 42.4 Å². The Bertz CT molecular complexity index is 504. The third-order valence-corrected chi connectivity index (χ3v) is 4.99. The highest BCUT2D eigenvalue weighted by atomic mass is 16.3. The van der Waals surface area contributed by atoms with Crippen LogP contribution in [0.25, 0.3) is 0 Å². The Morgan fingerprint density at radius 3 is 2.57 bits per heavy atom. The maximum Gasteiger partial charge on any atom is 0.226 e. The summed E-state index contributed by atoms with van der Waals surface area (Å²) in [7, 11) is 0. The largest absolute Gasteiger partial charge is 0.396 e. The van der Waals surface area contributed by atoms with E-state index in [9.17, 15) is 4.79 Å². The maximum absolute atomic E-state index is 12.4. The van der Waals surface area contributed by atoms with Crippen molar-refractivity contribution >= 4 is 5.91 Å². The number of amides is 1. The Balaban J connectivity index is 1.60. The van der Waals surface area contributed by atoms with Gasteiger partial charge in [0.1, 0.15) is 0 Å². The fourth-order valence-electron chi connectivity index (χ4n) is 3.55. The van der Waals surface area contributed by atoms with Crippen LogP contribution in [-0.4, -0.2) is 35.6 Å². The van der Waals surface area contributed by atoms with Crippen LogP contribution in [-0.2, 0) is 24.1 Å². The van der Waals surface area contributed by atoms with Crippen LogP contribution < -0.4 is 0 Å². The fourth-order valence-corrected chi connectivity index (χ4v) is 3.55. The second kappa shape index (κ2) is 6.61. The molecule has 1 aliphatic carbocycles. The first kappa shape index (κ1) is 14.6. The Morgan fingerprint density at radius 1 is 1.14 bits per heavy atom. The second-order valence-electron chi connectivity index (χ2n) is 6.49. The van der Waals surface area contributed by atoms with E-state index in [1.807, 2.05) is 4.90 Å². The lowest BCUT2D eigenvalue weighted by atomic mass is 9.90. The average molecular weight is 287 g/mol. The normalized spacial score (nSPS) is 19.4. The van der Waals surface area contributed by atoms with Crippen molar-refractivity contribution in [2.24, 2.45) is 5.92 Å². The molecule has 0 bridgehead atoms. The lowest BCUT2D eigenvalue weighted by molar-refractivity contribution is -0.132. The molecule has 1 aromatic carbocycles. The smallest absolute Gasteiger partial charge is 0.226 e. The number of nitrogens with zero attached hydrogens (tertiary/aromatic N) is 1. The van der Waals surface area contributed by atoms with E-state index in [2.05, 4.69) is 18.2 Å². The van der Waals surface area contributed by atoms with Crippen LogP contribution in [0, 0.1) is 5.92 Å². The molecule has 21 heavy (non-hydrogen) atoms. The molecule has 0 radical (unpaired) electrons. The number of likely N-dealkylation sites (tertiary alicyclic amines) is 1. The van der Waals surface area contributed by atoms with Gasteiger partial charge in [0, 0.05) is 19.7 Å². The zero-order valence-corrected chi connectivity index (χ0v) is 12.7. The molecule has 1 aliphatic heterocycles. The number of fused-ring (bicyclic) bond motifs is 1. The third-order valence-electron chi connectivity index (χ3n) is 4.99. The summed E-state index contributed by atoms with van der Waals surface area (Å²) in [6.07, 6.45) is 7.33. The van der Waals surface area contributed by atoms with Gasteiger partial charge in [-0.25, -0.2) is 0 Å².